The Balaban J connectivity index is 1.54. The van der Waals surface area contributed by atoms with E-state index in [9.17, 15) is 18.8 Å². The number of hydrogen-bond donors (Lipinski definition) is 1. The van der Waals surface area contributed by atoms with Crippen molar-refractivity contribution in [2.45, 2.75) is 20.3 Å². The highest BCUT2D eigenvalue weighted by Crippen LogP contribution is 2.22. The summed E-state index contributed by atoms with van der Waals surface area (Å²) in [6, 6.07) is 9.48. The van der Waals surface area contributed by atoms with Gasteiger partial charge < -0.3 is 14.6 Å². The number of nitrogens with one attached hydrogen (secondary N) is 1. The smallest absolute Gasteiger partial charge is 0.308 e. The SMILES string of the molecule is Cc1cc(C(=O)COC(=O)CCNC(=O)c2ccsc2)c(C)n1-c1cccc(F)c1. The minimum atomic E-state index is -0.576. The van der Waals surface area contributed by atoms with Gasteiger partial charge in [-0.05, 0) is 49.6 Å². The number of carbonyl (C=O) groups excluding carboxylic acids is 3. The lowest BCUT2D eigenvalue weighted by Gasteiger charge is -2.10. The Hall–Kier alpha value is -3.26. The Morgan fingerprint density at radius 2 is 1.97 bits per heavy atom. The molecule has 0 unspecified atom stereocenters. The van der Waals surface area contributed by atoms with Gasteiger partial charge in [-0.2, -0.15) is 11.3 Å². The summed E-state index contributed by atoms with van der Waals surface area (Å²) in [6.07, 6.45) is -0.0362. The van der Waals surface area contributed by atoms with Crippen molar-refractivity contribution in [2.75, 3.05) is 13.2 Å². The average Bonchev–Trinajstić information content (AvgIpc) is 3.34. The molecule has 3 aromatic rings. The van der Waals surface area contributed by atoms with Crippen LogP contribution in [0, 0.1) is 19.7 Å². The molecule has 3 rings (SSSR count). The van der Waals surface area contributed by atoms with Crippen LogP contribution in [0.5, 0.6) is 0 Å². The lowest BCUT2D eigenvalue weighted by atomic mass is 10.1. The van der Waals surface area contributed by atoms with Crippen LogP contribution in [-0.4, -0.2) is 35.4 Å². The molecule has 0 atom stereocenters. The molecule has 0 fully saturated rings. The minimum absolute atomic E-state index is 0.0362. The van der Waals surface area contributed by atoms with E-state index in [1.54, 1.807) is 46.5 Å². The Morgan fingerprint density at radius 1 is 1.17 bits per heavy atom. The standard InChI is InChI=1S/C22H21FN2O4S/c1-14-10-19(15(2)25(14)18-5-3-4-17(23)11-18)20(26)12-29-21(27)6-8-24-22(28)16-7-9-30-13-16/h3-5,7,9-11,13H,6,8,12H2,1-2H3,(H,24,28). The summed E-state index contributed by atoms with van der Waals surface area (Å²) in [7, 11) is 0. The van der Waals surface area contributed by atoms with Gasteiger partial charge in [0.1, 0.15) is 5.82 Å². The summed E-state index contributed by atoms with van der Waals surface area (Å²) in [5.41, 5.74) is 2.97. The van der Waals surface area contributed by atoms with Gasteiger partial charge in [-0.1, -0.05) is 6.07 Å². The largest absolute Gasteiger partial charge is 0.457 e. The molecule has 0 bridgehead atoms. The molecular formula is C22H21FN2O4S. The third-order valence-electron chi connectivity index (χ3n) is 4.56. The van der Waals surface area contributed by atoms with Crippen LogP contribution < -0.4 is 5.32 Å². The first-order valence-electron chi connectivity index (χ1n) is 9.31. The van der Waals surface area contributed by atoms with E-state index in [0.717, 1.165) is 5.69 Å². The van der Waals surface area contributed by atoms with E-state index in [2.05, 4.69) is 5.32 Å². The zero-order valence-corrected chi connectivity index (χ0v) is 17.4. The first kappa shape index (κ1) is 21.4. The van der Waals surface area contributed by atoms with E-state index < -0.39 is 12.6 Å². The molecule has 6 nitrogen and oxygen atoms in total. The quantitative estimate of drug-likeness (QED) is 0.437. The molecule has 156 valence electrons. The number of aromatic nitrogens is 1. The molecule has 0 spiro atoms. The summed E-state index contributed by atoms with van der Waals surface area (Å²) in [4.78, 5) is 36.2. The average molecular weight is 428 g/mol. The molecule has 0 aliphatic heterocycles. The third kappa shape index (κ3) is 5.01. The van der Waals surface area contributed by atoms with Gasteiger partial charge in [0, 0.05) is 40.1 Å². The molecular weight excluding hydrogens is 407 g/mol. The Labute approximate surface area is 177 Å². The summed E-state index contributed by atoms with van der Waals surface area (Å²) < 4.78 is 20.4. The maximum Gasteiger partial charge on any atom is 0.308 e. The maximum atomic E-state index is 13.6. The third-order valence-corrected chi connectivity index (χ3v) is 5.24. The zero-order valence-electron chi connectivity index (χ0n) is 16.6. The van der Waals surface area contributed by atoms with Gasteiger partial charge in [-0.3, -0.25) is 14.4 Å². The van der Waals surface area contributed by atoms with Gasteiger partial charge in [-0.25, -0.2) is 4.39 Å². The molecule has 1 aromatic carbocycles. The number of ketones is 1. The fourth-order valence-corrected chi connectivity index (χ4v) is 3.76. The van der Waals surface area contributed by atoms with Gasteiger partial charge >= 0.3 is 5.97 Å². The normalized spacial score (nSPS) is 10.6. The van der Waals surface area contributed by atoms with Crippen LogP contribution in [0.1, 0.15) is 38.5 Å². The van der Waals surface area contributed by atoms with Crippen LogP contribution in [0.4, 0.5) is 4.39 Å². The number of aryl methyl sites for hydroxylation is 1. The highest BCUT2D eigenvalue weighted by atomic mass is 32.1. The molecule has 2 heterocycles. The van der Waals surface area contributed by atoms with Crippen LogP contribution in [0.15, 0.2) is 47.2 Å². The van der Waals surface area contributed by atoms with Gasteiger partial charge in [0.2, 0.25) is 5.78 Å². The molecule has 30 heavy (non-hydrogen) atoms. The van der Waals surface area contributed by atoms with Crippen molar-refractivity contribution in [2.24, 2.45) is 0 Å². The number of ether oxygens (including phenoxy) is 1. The highest BCUT2D eigenvalue weighted by Gasteiger charge is 2.18. The van der Waals surface area contributed by atoms with Gasteiger partial charge in [0.05, 0.1) is 6.42 Å². The Morgan fingerprint density at radius 3 is 2.67 bits per heavy atom. The van der Waals surface area contributed by atoms with Crippen molar-refractivity contribution in [3.8, 4) is 5.69 Å². The van der Waals surface area contributed by atoms with Crippen LogP contribution in [0.3, 0.4) is 0 Å². The van der Waals surface area contributed by atoms with Crippen molar-refractivity contribution in [3.63, 3.8) is 0 Å². The lowest BCUT2D eigenvalue weighted by Crippen LogP contribution is -2.26. The molecule has 0 aliphatic carbocycles. The second kappa shape index (κ2) is 9.49. The molecule has 0 aliphatic rings. The number of amides is 1. The predicted molar refractivity (Wildman–Crippen MR) is 112 cm³/mol. The highest BCUT2D eigenvalue weighted by molar-refractivity contribution is 7.08. The lowest BCUT2D eigenvalue weighted by molar-refractivity contribution is -0.142. The first-order chi connectivity index (χ1) is 14.4. The second-order valence-electron chi connectivity index (χ2n) is 6.70. The van der Waals surface area contributed by atoms with Crippen molar-refractivity contribution < 1.29 is 23.5 Å². The molecule has 0 saturated carbocycles. The van der Waals surface area contributed by atoms with Crippen LogP contribution >= 0.6 is 11.3 Å². The van der Waals surface area contributed by atoms with Crippen molar-refractivity contribution in [1.82, 2.24) is 9.88 Å². The van der Waals surface area contributed by atoms with E-state index in [1.807, 2.05) is 6.92 Å². The molecule has 2 aromatic heterocycles. The van der Waals surface area contributed by atoms with E-state index in [0.29, 0.717) is 22.5 Å². The van der Waals surface area contributed by atoms with Gasteiger partial charge in [0.25, 0.3) is 5.91 Å². The fraction of sp³-hybridized carbons (Fsp3) is 0.227. The van der Waals surface area contributed by atoms with E-state index in [1.165, 1.54) is 23.5 Å². The fourth-order valence-electron chi connectivity index (χ4n) is 3.13. The summed E-state index contributed by atoms with van der Waals surface area (Å²) in [5.74, 6) is -1.55. The van der Waals surface area contributed by atoms with Crippen molar-refractivity contribution >= 4 is 29.0 Å². The zero-order chi connectivity index (χ0) is 21.7. The molecule has 0 radical (unpaired) electrons. The van der Waals surface area contributed by atoms with E-state index in [-0.39, 0.29) is 30.5 Å². The van der Waals surface area contributed by atoms with Crippen LogP contribution in [-0.2, 0) is 9.53 Å². The van der Waals surface area contributed by atoms with Crippen molar-refractivity contribution in [3.05, 3.63) is 75.5 Å². The number of Topliss-reactive ketones (excluding diaryl/α,β-unsaturated/α-hetero) is 1. The number of esters is 1. The second-order valence-corrected chi connectivity index (χ2v) is 7.48. The van der Waals surface area contributed by atoms with Crippen LogP contribution in [0.25, 0.3) is 5.69 Å². The number of benzene rings is 1. The maximum absolute atomic E-state index is 13.6. The summed E-state index contributed by atoms with van der Waals surface area (Å²) in [5, 5.41) is 6.13. The number of rotatable bonds is 8. The van der Waals surface area contributed by atoms with Crippen molar-refractivity contribution in [1.29, 1.82) is 0 Å². The molecule has 0 saturated heterocycles. The van der Waals surface area contributed by atoms with Gasteiger partial charge in [0.15, 0.2) is 6.61 Å². The summed E-state index contributed by atoms with van der Waals surface area (Å²) >= 11 is 1.41. The number of carbonyl (C=O) groups is 3. The number of halogens is 1. The predicted octanol–water partition coefficient (Wildman–Crippen LogP) is 3.84. The van der Waals surface area contributed by atoms with E-state index in [4.69, 9.17) is 4.74 Å². The minimum Gasteiger partial charge on any atom is -0.457 e. The molecule has 1 amide bonds. The van der Waals surface area contributed by atoms with Gasteiger partial charge in [-0.15, -0.1) is 0 Å². The van der Waals surface area contributed by atoms with Crippen LogP contribution in [0.2, 0.25) is 0 Å². The number of nitrogens with zero attached hydrogens (tertiary/aromatic N) is 1. The Bertz CT molecular complexity index is 1070. The topological polar surface area (TPSA) is 77.4 Å². The number of hydrogen-bond acceptors (Lipinski definition) is 5. The molecule has 8 heteroatoms. The number of thiophene rings is 1. The van der Waals surface area contributed by atoms with E-state index >= 15 is 0 Å². The summed E-state index contributed by atoms with van der Waals surface area (Å²) in [6.45, 7) is 3.30. The first-order valence-corrected chi connectivity index (χ1v) is 10.2. The Kier molecular flexibility index (Phi) is 6.79. The monoisotopic (exact) mass is 428 g/mol. The molecule has 1 N–H and O–H groups in total.